The third-order valence-corrected chi connectivity index (χ3v) is 8.54. The lowest BCUT2D eigenvalue weighted by molar-refractivity contribution is -0.129. The zero-order chi connectivity index (χ0) is 35.3. The van der Waals surface area contributed by atoms with Gasteiger partial charge in [-0.1, -0.05) is 61.7 Å². The first-order chi connectivity index (χ1) is 23.7. The molecule has 0 aromatic heterocycles. The van der Waals surface area contributed by atoms with E-state index in [9.17, 15) is 9.59 Å². The number of carbonyl (C=O) groups is 2. The van der Waals surface area contributed by atoms with Crippen LogP contribution in [0.4, 0.5) is 0 Å². The van der Waals surface area contributed by atoms with Gasteiger partial charge in [0.25, 0.3) is 0 Å². The highest BCUT2D eigenvalue weighted by Gasteiger charge is 2.51. The summed E-state index contributed by atoms with van der Waals surface area (Å²) in [6.45, 7) is 19.7. The summed E-state index contributed by atoms with van der Waals surface area (Å²) in [5.74, 6) is 1.12. The zero-order valence-electron chi connectivity index (χ0n) is 28.9. The van der Waals surface area contributed by atoms with Crippen molar-refractivity contribution >= 4 is 11.9 Å². The van der Waals surface area contributed by atoms with Gasteiger partial charge in [-0.3, -0.25) is 0 Å². The van der Waals surface area contributed by atoms with Crippen LogP contribution in [0.5, 0.6) is 34.5 Å². The summed E-state index contributed by atoms with van der Waals surface area (Å²) in [6.07, 6.45) is 2.24. The fourth-order valence-corrected chi connectivity index (χ4v) is 6.66. The van der Waals surface area contributed by atoms with E-state index in [1.54, 1.807) is 0 Å². The Morgan fingerprint density at radius 1 is 0.571 bits per heavy atom. The molecule has 1 aliphatic carbocycles. The van der Waals surface area contributed by atoms with Crippen LogP contribution in [-0.2, 0) is 15.0 Å². The maximum Gasteiger partial charge on any atom is 0.335 e. The molecule has 49 heavy (non-hydrogen) atoms. The normalized spacial score (nSPS) is 12.3. The molecule has 4 aromatic carbocycles. The van der Waals surface area contributed by atoms with E-state index in [1.165, 1.54) is 0 Å². The Morgan fingerprint density at radius 2 is 0.918 bits per heavy atom. The molecule has 0 aliphatic heterocycles. The fraction of sp³-hybridized carbons (Fsp3) is 0.268. The van der Waals surface area contributed by atoms with E-state index in [0.717, 1.165) is 34.4 Å². The van der Waals surface area contributed by atoms with Crippen LogP contribution in [0.3, 0.4) is 0 Å². The highest BCUT2D eigenvalue weighted by Crippen LogP contribution is 2.63. The van der Waals surface area contributed by atoms with Gasteiger partial charge in [0.15, 0.2) is 23.0 Å². The molecule has 0 fully saturated rings. The van der Waals surface area contributed by atoms with Gasteiger partial charge in [0.1, 0.15) is 11.5 Å². The predicted molar refractivity (Wildman–Crippen MR) is 190 cm³/mol. The Labute approximate surface area is 287 Å². The monoisotopic (exact) mass is 662 g/mol. The van der Waals surface area contributed by atoms with E-state index < -0.39 is 17.4 Å². The van der Waals surface area contributed by atoms with Gasteiger partial charge >= 0.3 is 11.9 Å². The lowest BCUT2D eigenvalue weighted by Crippen LogP contribution is -2.31. The number of hydrogen-bond donors (Lipinski definition) is 0. The molecule has 0 atom stereocenters. The molecule has 8 nitrogen and oxygen atoms in total. The average molecular weight is 663 g/mol. The second-order valence-electron chi connectivity index (χ2n) is 11.2. The minimum atomic E-state index is -1.20. The Bertz CT molecular complexity index is 1780. The standard InChI is InChI=1S/C41H42O8/c1-9-35(42)48-33-23-31(39(46-13-5)37(25(33)7)44-11-3)41(29-21-17-15-19-27(29)28-20-16-18-22-30(28)41)32-24-34(49-36(43)10-2)26(8)38(45-12-4)40(32)47-14-6/h9-10,15-24H,1-2,11-14H2,3-8H3. The molecule has 0 bridgehead atoms. The molecule has 0 unspecified atom stereocenters. The Balaban J connectivity index is 2.10. The number of esters is 2. The van der Waals surface area contributed by atoms with E-state index in [-0.39, 0.29) is 11.5 Å². The van der Waals surface area contributed by atoms with Crippen LogP contribution in [0.25, 0.3) is 11.1 Å². The molecular weight excluding hydrogens is 620 g/mol. The molecule has 5 rings (SSSR count). The van der Waals surface area contributed by atoms with Gasteiger partial charge < -0.3 is 28.4 Å². The second-order valence-corrected chi connectivity index (χ2v) is 11.2. The molecule has 8 heteroatoms. The van der Waals surface area contributed by atoms with Crippen molar-refractivity contribution in [2.45, 2.75) is 47.0 Å². The van der Waals surface area contributed by atoms with Gasteiger partial charge in [-0.25, -0.2) is 9.59 Å². The van der Waals surface area contributed by atoms with Crippen molar-refractivity contribution in [2.75, 3.05) is 26.4 Å². The molecule has 0 saturated heterocycles. The molecule has 0 N–H and O–H groups in total. The SMILES string of the molecule is C=CC(=O)Oc1cc(C2(c3cc(OC(=O)C=C)c(C)c(OCC)c3OCC)c3ccccc3-c3ccccc32)c(OCC)c(OCC)c1C. The predicted octanol–water partition coefficient (Wildman–Crippen LogP) is 8.44. The number of fused-ring (bicyclic) bond motifs is 3. The van der Waals surface area contributed by atoms with E-state index in [0.29, 0.717) is 71.7 Å². The summed E-state index contributed by atoms with van der Waals surface area (Å²) in [5.41, 5.74) is 4.99. The molecular formula is C41H42O8. The van der Waals surface area contributed by atoms with Crippen LogP contribution < -0.4 is 28.4 Å². The number of hydrogen-bond acceptors (Lipinski definition) is 8. The lowest BCUT2D eigenvalue weighted by atomic mass is 9.66. The molecule has 4 aromatic rings. The quantitative estimate of drug-likeness (QED) is 0.0665. The third-order valence-electron chi connectivity index (χ3n) is 8.54. The second kappa shape index (κ2) is 14.7. The highest BCUT2D eigenvalue weighted by atomic mass is 16.5. The molecule has 0 amide bonds. The molecule has 0 saturated carbocycles. The molecule has 0 heterocycles. The van der Waals surface area contributed by atoms with Crippen LogP contribution >= 0.6 is 0 Å². The van der Waals surface area contributed by atoms with Crippen molar-refractivity contribution in [3.8, 4) is 45.6 Å². The largest absolute Gasteiger partial charge is 0.490 e. The number of ether oxygens (including phenoxy) is 6. The number of carbonyl (C=O) groups excluding carboxylic acids is 2. The zero-order valence-corrected chi connectivity index (χ0v) is 28.9. The van der Waals surface area contributed by atoms with Crippen LogP contribution in [0.1, 0.15) is 61.1 Å². The first kappa shape index (κ1) is 34.8. The van der Waals surface area contributed by atoms with Crippen molar-refractivity contribution in [3.63, 3.8) is 0 Å². The summed E-state index contributed by atoms with van der Waals surface area (Å²) in [4.78, 5) is 25.5. The van der Waals surface area contributed by atoms with Crippen LogP contribution in [-0.4, -0.2) is 38.4 Å². The van der Waals surface area contributed by atoms with E-state index in [1.807, 2.05) is 77.9 Å². The highest BCUT2D eigenvalue weighted by molar-refractivity contribution is 5.90. The minimum absolute atomic E-state index is 0.279. The summed E-state index contributed by atoms with van der Waals surface area (Å²) in [5, 5.41) is 0. The van der Waals surface area contributed by atoms with Crippen molar-refractivity contribution < 1.29 is 38.0 Å². The van der Waals surface area contributed by atoms with Crippen molar-refractivity contribution in [1.82, 2.24) is 0 Å². The summed E-state index contributed by atoms with van der Waals surface area (Å²) < 4.78 is 37.5. The topological polar surface area (TPSA) is 89.5 Å². The van der Waals surface area contributed by atoms with Crippen LogP contribution in [0, 0.1) is 13.8 Å². The molecule has 254 valence electrons. The van der Waals surface area contributed by atoms with Gasteiger partial charge in [0, 0.05) is 34.4 Å². The fourth-order valence-electron chi connectivity index (χ4n) is 6.66. The van der Waals surface area contributed by atoms with Gasteiger partial charge in [0.2, 0.25) is 0 Å². The molecule has 0 spiro atoms. The van der Waals surface area contributed by atoms with Crippen molar-refractivity contribution in [1.29, 1.82) is 0 Å². The summed E-state index contributed by atoms with van der Waals surface area (Å²) in [7, 11) is 0. The average Bonchev–Trinajstić information content (AvgIpc) is 3.41. The Morgan fingerprint density at radius 3 is 1.27 bits per heavy atom. The maximum absolute atomic E-state index is 12.8. The number of rotatable bonds is 14. The minimum Gasteiger partial charge on any atom is -0.490 e. The molecule has 1 aliphatic rings. The van der Waals surface area contributed by atoms with Gasteiger partial charge in [0.05, 0.1) is 31.8 Å². The van der Waals surface area contributed by atoms with Gasteiger partial charge in [-0.15, -0.1) is 0 Å². The number of benzene rings is 4. The third kappa shape index (κ3) is 5.92. The Hall–Kier alpha value is -5.50. The van der Waals surface area contributed by atoms with E-state index in [4.69, 9.17) is 28.4 Å². The van der Waals surface area contributed by atoms with Crippen molar-refractivity contribution in [3.05, 3.63) is 119 Å². The maximum atomic E-state index is 12.8. The molecule has 0 radical (unpaired) electrons. The van der Waals surface area contributed by atoms with Crippen LogP contribution in [0.2, 0.25) is 0 Å². The van der Waals surface area contributed by atoms with Gasteiger partial charge in [-0.05, 0) is 75.9 Å². The summed E-state index contributed by atoms with van der Waals surface area (Å²) >= 11 is 0. The van der Waals surface area contributed by atoms with Crippen molar-refractivity contribution in [2.24, 2.45) is 0 Å². The van der Waals surface area contributed by atoms with Crippen LogP contribution in [0.15, 0.2) is 86.0 Å². The van der Waals surface area contributed by atoms with Gasteiger partial charge in [-0.2, -0.15) is 0 Å². The first-order valence-corrected chi connectivity index (χ1v) is 16.5. The summed E-state index contributed by atoms with van der Waals surface area (Å²) in [6, 6.07) is 19.9. The first-order valence-electron chi connectivity index (χ1n) is 16.5. The smallest absolute Gasteiger partial charge is 0.335 e. The Kier molecular flexibility index (Phi) is 10.5. The van der Waals surface area contributed by atoms with E-state index >= 15 is 0 Å². The van der Waals surface area contributed by atoms with E-state index in [2.05, 4.69) is 37.4 Å². The lowest BCUT2D eigenvalue weighted by Gasteiger charge is -2.37.